The molecule has 4 nitrogen and oxygen atoms in total. The zero-order valence-corrected chi connectivity index (χ0v) is 14.3. The van der Waals surface area contributed by atoms with Gasteiger partial charge in [0.25, 0.3) is 5.97 Å². The van der Waals surface area contributed by atoms with Crippen LogP contribution in [0.4, 0.5) is 0 Å². The van der Waals surface area contributed by atoms with Crippen molar-refractivity contribution >= 4 is 11.9 Å². The van der Waals surface area contributed by atoms with E-state index in [0.717, 1.165) is 37.5 Å². The number of aliphatic carboxylic acids is 1. The molecule has 3 fully saturated rings. The summed E-state index contributed by atoms with van der Waals surface area (Å²) in [5.74, 6) is 2.61. The van der Waals surface area contributed by atoms with E-state index >= 15 is 0 Å². The lowest BCUT2D eigenvalue weighted by atomic mass is 9.80. The molecule has 4 heteroatoms. The van der Waals surface area contributed by atoms with Gasteiger partial charge in [-0.3, -0.25) is 9.59 Å². The highest BCUT2D eigenvalue weighted by molar-refractivity contribution is 5.76. The number of carbonyl (C=O) groups excluding carboxylic acids is 1. The molecule has 3 saturated carbocycles. The third-order valence-electron chi connectivity index (χ3n) is 6.06. The monoisotopic (exact) mass is 310 g/mol. The fourth-order valence-corrected chi connectivity index (χ4v) is 4.58. The Balaban J connectivity index is 0.000000396. The maximum atomic E-state index is 12.2. The van der Waals surface area contributed by atoms with Crippen molar-refractivity contribution < 1.29 is 19.4 Å². The molecule has 0 heterocycles. The first-order chi connectivity index (χ1) is 10.3. The fourth-order valence-electron chi connectivity index (χ4n) is 4.58. The zero-order chi connectivity index (χ0) is 16.5. The lowest BCUT2D eigenvalue weighted by Gasteiger charge is -2.33. The van der Waals surface area contributed by atoms with E-state index < -0.39 is 5.97 Å². The van der Waals surface area contributed by atoms with Gasteiger partial charge in [0.2, 0.25) is 0 Å². The Labute approximate surface area is 133 Å². The van der Waals surface area contributed by atoms with Crippen LogP contribution < -0.4 is 0 Å². The number of carbonyl (C=O) groups is 2. The van der Waals surface area contributed by atoms with Crippen LogP contribution in [0.1, 0.15) is 66.2 Å². The predicted molar refractivity (Wildman–Crippen MR) is 84.3 cm³/mol. The summed E-state index contributed by atoms with van der Waals surface area (Å²) in [7, 11) is 0. The molecular formula is C18H30O4. The molecule has 5 atom stereocenters. The number of ether oxygens (including phenoxy) is 1. The second-order valence-electron chi connectivity index (χ2n) is 7.85. The Bertz CT molecular complexity index is 425. The van der Waals surface area contributed by atoms with E-state index in [1.54, 1.807) is 0 Å². The predicted octanol–water partition coefficient (Wildman–Crippen LogP) is 3.88. The van der Waals surface area contributed by atoms with Gasteiger partial charge in [0, 0.05) is 6.92 Å². The summed E-state index contributed by atoms with van der Waals surface area (Å²) in [4.78, 5) is 21.2. The summed E-state index contributed by atoms with van der Waals surface area (Å²) < 4.78 is 5.87. The number of hydrogen-bond donors (Lipinski definition) is 1. The molecule has 0 aromatic carbocycles. The van der Waals surface area contributed by atoms with Crippen molar-refractivity contribution in [3.63, 3.8) is 0 Å². The van der Waals surface area contributed by atoms with E-state index in [-0.39, 0.29) is 17.5 Å². The minimum Gasteiger partial charge on any atom is -0.481 e. The van der Waals surface area contributed by atoms with Gasteiger partial charge in [0.15, 0.2) is 0 Å². The third kappa shape index (κ3) is 3.47. The van der Waals surface area contributed by atoms with Crippen molar-refractivity contribution in [3.05, 3.63) is 0 Å². The highest BCUT2D eigenvalue weighted by atomic mass is 16.5. The summed E-state index contributed by atoms with van der Waals surface area (Å²) in [6.07, 6.45) is 7.82. The summed E-state index contributed by atoms with van der Waals surface area (Å²) in [5.41, 5.74) is -0.309. The topological polar surface area (TPSA) is 63.6 Å². The van der Waals surface area contributed by atoms with Crippen LogP contribution >= 0.6 is 0 Å². The molecule has 0 radical (unpaired) electrons. The van der Waals surface area contributed by atoms with Gasteiger partial charge in [-0.05, 0) is 69.6 Å². The molecule has 2 bridgehead atoms. The number of fused-ring (bicyclic) bond motifs is 5. The molecule has 3 aliphatic rings. The van der Waals surface area contributed by atoms with Gasteiger partial charge in [0.05, 0.1) is 5.41 Å². The maximum Gasteiger partial charge on any atom is 0.311 e. The first kappa shape index (κ1) is 17.3. The van der Waals surface area contributed by atoms with Crippen LogP contribution in [0.15, 0.2) is 0 Å². The number of rotatable bonds is 3. The Morgan fingerprint density at radius 3 is 2.32 bits per heavy atom. The second kappa shape index (κ2) is 6.59. The van der Waals surface area contributed by atoms with Gasteiger partial charge in [-0.2, -0.15) is 0 Å². The molecular weight excluding hydrogens is 280 g/mol. The number of carboxylic acids is 1. The van der Waals surface area contributed by atoms with Crippen LogP contribution in [0, 0.1) is 29.1 Å². The fraction of sp³-hybridized carbons (Fsp3) is 0.889. The van der Waals surface area contributed by atoms with Crippen LogP contribution in [-0.2, 0) is 14.3 Å². The largest absolute Gasteiger partial charge is 0.481 e. The minimum atomic E-state index is -0.833. The Morgan fingerprint density at radius 1 is 1.14 bits per heavy atom. The lowest BCUT2D eigenvalue weighted by Crippen LogP contribution is -2.36. The number of hydrogen-bond acceptors (Lipinski definition) is 3. The Kier molecular flexibility index (Phi) is 5.18. The van der Waals surface area contributed by atoms with Crippen LogP contribution in [0.2, 0.25) is 0 Å². The average molecular weight is 310 g/mol. The standard InChI is InChI=1S/C16H26O2.C2H4O2/c1-4-16(2,3)15(17)18-14-9-10-8-13(14)12-7-5-6-11(10)12;1-2(3)4/h10-14H,4-9H2,1-3H3;1H3,(H,3,4). The SMILES string of the molecule is CC(=O)O.CCC(C)(C)C(=O)OC1CC2CC1C1CCCC21. The van der Waals surface area contributed by atoms with Gasteiger partial charge >= 0.3 is 5.97 Å². The van der Waals surface area contributed by atoms with E-state index in [0.29, 0.717) is 5.92 Å². The first-order valence-electron chi connectivity index (χ1n) is 8.67. The quantitative estimate of drug-likeness (QED) is 0.803. The van der Waals surface area contributed by atoms with Crippen LogP contribution in [0.25, 0.3) is 0 Å². The van der Waals surface area contributed by atoms with Crippen LogP contribution in [0.5, 0.6) is 0 Å². The molecule has 0 saturated heterocycles. The molecule has 0 amide bonds. The second-order valence-corrected chi connectivity index (χ2v) is 7.85. The summed E-state index contributed by atoms with van der Waals surface area (Å²) in [6, 6.07) is 0. The molecule has 0 aromatic heterocycles. The van der Waals surface area contributed by atoms with Crippen LogP contribution in [0.3, 0.4) is 0 Å². The zero-order valence-electron chi connectivity index (χ0n) is 14.3. The van der Waals surface area contributed by atoms with Gasteiger partial charge in [-0.25, -0.2) is 0 Å². The lowest BCUT2D eigenvalue weighted by molar-refractivity contribution is -0.163. The Morgan fingerprint density at radius 2 is 1.73 bits per heavy atom. The van der Waals surface area contributed by atoms with Crippen molar-refractivity contribution in [2.75, 3.05) is 0 Å². The van der Waals surface area contributed by atoms with Gasteiger partial charge in [0.1, 0.15) is 6.10 Å². The molecule has 1 N–H and O–H groups in total. The summed E-state index contributed by atoms with van der Waals surface area (Å²) >= 11 is 0. The third-order valence-corrected chi connectivity index (χ3v) is 6.06. The highest BCUT2D eigenvalue weighted by Crippen LogP contribution is 2.59. The van der Waals surface area contributed by atoms with Crippen molar-refractivity contribution in [2.45, 2.75) is 72.3 Å². The van der Waals surface area contributed by atoms with E-state index in [9.17, 15) is 4.79 Å². The van der Waals surface area contributed by atoms with E-state index in [2.05, 4.69) is 6.92 Å². The van der Waals surface area contributed by atoms with Crippen molar-refractivity contribution in [2.24, 2.45) is 29.1 Å². The van der Waals surface area contributed by atoms with Gasteiger partial charge < -0.3 is 9.84 Å². The molecule has 0 aromatic rings. The van der Waals surface area contributed by atoms with Crippen molar-refractivity contribution in [3.8, 4) is 0 Å². The molecule has 22 heavy (non-hydrogen) atoms. The molecule has 0 aliphatic heterocycles. The minimum absolute atomic E-state index is 0.0251. The molecule has 3 aliphatic carbocycles. The van der Waals surface area contributed by atoms with Gasteiger partial charge in [-0.1, -0.05) is 13.3 Å². The Hall–Kier alpha value is -1.06. The molecule has 0 spiro atoms. The number of esters is 1. The van der Waals surface area contributed by atoms with Crippen molar-refractivity contribution in [1.29, 1.82) is 0 Å². The summed E-state index contributed by atoms with van der Waals surface area (Å²) in [5, 5.41) is 7.42. The molecule has 5 unspecified atom stereocenters. The van der Waals surface area contributed by atoms with Crippen molar-refractivity contribution in [1.82, 2.24) is 0 Å². The summed E-state index contributed by atoms with van der Waals surface area (Å²) in [6.45, 7) is 7.15. The first-order valence-corrected chi connectivity index (χ1v) is 8.67. The van der Waals surface area contributed by atoms with E-state index in [1.165, 1.54) is 25.7 Å². The molecule has 126 valence electrons. The van der Waals surface area contributed by atoms with E-state index in [1.807, 2.05) is 13.8 Å². The molecule has 3 rings (SSSR count). The van der Waals surface area contributed by atoms with Gasteiger partial charge in [-0.15, -0.1) is 0 Å². The van der Waals surface area contributed by atoms with Crippen LogP contribution in [-0.4, -0.2) is 23.1 Å². The normalized spacial score (nSPS) is 35.5. The highest BCUT2D eigenvalue weighted by Gasteiger charge is 2.55. The maximum absolute atomic E-state index is 12.2. The smallest absolute Gasteiger partial charge is 0.311 e. The average Bonchev–Trinajstić information content (AvgIpc) is 3.09. The van der Waals surface area contributed by atoms with E-state index in [4.69, 9.17) is 14.6 Å². The number of carboxylic acid groups (broad SMARTS) is 1.